The number of pyridine rings is 1. The summed E-state index contributed by atoms with van der Waals surface area (Å²) in [5, 5.41) is 3.83. The molecule has 0 amide bonds. The number of nitrogens with zero attached hydrogens (tertiary/aromatic N) is 2. The summed E-state index contributed by atoms with van der Waals surface area (Å²) in [7, 11) is 0. The number of hydrogen-bond donors (Lipinski definition) is 0. The smallest absolute Gasteiger partial charge is 0.129 e. The van der Waals surface area contributed by atoms with Crippen LogP contribution >= 0.6 is 0 Å². The molecule has 13 heavy (non-hydrogen) atoms. The number of oxime groups is 1. The van der Waals surface area contributed by atoms with Crippen molar-refractivity contribution in [1.29, 1.82) is 0 Å². The second-order valence-electron chi connectivity index (χ2n) is 3.69. The van der Waals surface area contributed by atoms with Crippen LogP contribution < -0.4 is 0 Å². The topological polar surface area (TPSA) is 34.5 Å². The van der Waals surface area contributed by atoms with Crippen LogP contribution in [0.3, 0.4) is 0 Å². The fourth-order valence-corrected chi connectivity index (χ4v) is 0.691. The number of aromatic nitrogens is 1. The third kappa shape index (κ3) is 4.25. The molecule has 1 heterocycles. The Morgan fingerprint density at radius 3 is 2.69 bits per heavy atom. The highest BCUT2D eigenvalue weighted by molar-refractivity contribution is 5.76. The fraction of sp³-hybridized carbons (Fsp3) is 0.400. The first-order valence-electron chi connectivity index (χ1n) is 4.20. The molecule has 0 unspecified atom stereocenters. The zero-order chi connectivity index (χ0) is 9.73. The average Bonchev–Trinajstić information content (AvgIpc) is 2.04. The van der Waals surface area contributed by atoms with E-state index >= 15 is 0 Å². The monoisotopic (exact) mass is 178 g/mol. The van der Waals surface area contributed by atoms with Gasteiger partial charge in [-0.2, -0.15) is 0 Å². The van der Waals surface area contributed by atoms with Crippen molar-refractivity contribution >= 4 is 6.21 Å². The summed E-state index contributed by atoms with van der Waals surface area (Å²) in [5.41, 5.74) is 0.553. The van der Waals surface area contributed by atoms with Gasteiger partial charge >= 0.3 is 0 Å². The predicted octanol–water partition coefficient (Wildman–Crippen LogP) is 2.23. The first-order chi connectivity index (χ1) is 6.08. The molecule has 0 atom stereocenters. The Balaban J connectivity index is 2.51. The SMILES string of the molecule is CC(C)(C)O/N=C/c1ccccn1. The zero-order valence-corrected chi connectivity index (χ0v) is 8.19. The molecule has 0 fully saturated rings. The first-order valence-corrected chi connectivity index (χ1v) is 4.20. The molecular formula is C10H14N2O. The molecule has 70 valence electrons. The van der Waals surface area contributed by atoms with Crippen LogP contribution in [0.1, 0.15) is 26.5 Å². The molecular weight excluding hydrogens is 164 g/mol. The van der Waals surface area contributed by atoms with Crippen LogP contribution in [0.15, 0.2) is 29.6 Å². The van der Waals surface area contributed by atoms with Crippen molar-refractivity contribution in [2.45, 2.75) is 26.4 Å². The average molecular weight is 178 g/mol. The van der Waals surface area contributed by atoms with Gasteiger partial charge in [0, 0.05) is 6.20 Å². The van der Waals surface area contributed by atoms with Crippen LogP contribution in [0.4, 0.5) is 0 Å². The Hall–Kier alpha value is -1.38. The minimum absolute atomic E-state index is 0.245. The van der Waals surface area contributed by atoms with Crippen LogP contribution in [0, 0.1) is 0 Å². The van der Waals surface area contributed by atoms with E-state index in [2.05, 4.69) is 10.1 Å². The van der Waals surface area contributed by atoms with Gasteiger partial charge in [0.25, 0.3) is 0 Å². The molecule has 0 aromatic carbocycles. The second kappa shape index (κ2) is 4.03. The molecule has 0 bridgehead atoms. The van der Waals surface area contributed by atoms with E-state index in [1.54, 1.807) is 12.4 Å². The van der Waals surface area contributed by atoms with Gasteiger partial charge in [0.1, 0.15) is 5.60 Å². The molecule has 0 saturated carbocycles. The quantitative estimate of drug-likeness (QED) is 0.514. The maximum atomic E-state index is 5.16. The molecule has 0 saturated heterocycles. The van der Waals surface area contributed by atoms with Gasteiger partial charge in [-0.25, -0.2) is 0 Å². The van der Waals surface area contributed by atoms with Crippen molar-refractivity contribution in [3.63, 3.8) is 0 Å². The van der Waals surface area contributed by atoms with E-state index in [-0.39, 0.29) is 5.60 Å². The minimum atomic E-state index is -0.245. The zero-order valence-electron chi connectivity index (χ0n) is 8.19. The fourth-order valence-electron chi connectivity index (χ4n) is 0.691. The summed E-state index contributed by atoms with van der Waals surface area (Å²) in [5.74, 6) is 0. The maximum Gasteiger partial charge on any atom is 0.129 e. The largest absolute Gasteiger partial charge is 0.390 e. The van der Waals surface area contributed by atoms with Crippen molar-refractivity contribution in [2.75, 3.05) is 0 Å². The lowest BCUT2D eigenvalue weighted by molar-refractivity contribution is 0.00196. The molecule has 0 aliphatic carbocycles. The lowest BCUT2D eigenvalue weighted by atomic mass is 10.2. The van der Waals surface area contributed by atoms with Crippen molar-refractivity contribution in [3.05, 3.63) is 30.1 Å². The van der Waals surface area contributed by atoms with Gasteiger partial charge in [0.05, 0.1) is 11.9 Å². The molecule has 0 N–H and O–H groups in total. The number of hydrogen-bond acceptors (Lipinski definition) is 3. The van der Waals surface area contributed by atoms with Crippen LogP contribution in [-0.4, -0.2) is 16.8 Å². The van der Waals surface area contributed by atoms with E-state index in [4.69, 9.17) is 4.84 Å². The Labute approximate surface area is 78.4 Å². The summed E-state index contributed by atoms with van der Waals surface area (Å²) in [6, 6.07) is 5.64. The third-order valence-electron chi connectivity index (χ3n) is 1.20. The molecule has 0 spiro atoms. The van der Waals surface area contributed by atoms with Crippen molar-refractivity contribution < 1.29 is 4.84 Å². The molecule has 1 aromatic heterocycles. The van der Waals surface area contributed by atoms with E-state index < -0.39 is 0 Å². The standard InChI is InChI=1S/C10H14N2O/c1-10(2,3)13-12-8-9-6-4-5-7-11-9/h4-8H,1-3H3/b12-8+. The van der Waals surface area contributed by atoms with Gasteiger partial charge in [-0.05, 0) is 32.9 Å². The molecule has 1 rings (SSSR count). The summed E-state index contributed by atoms with van der Waals surface area (Å²) in [6.45, 7) is 5.84. The summed E-state index contributed by atoms with van der Waals surface area (Å²) in [6.07, 6.45) is 3.32. The Bertz CT molecular complexity index is 275. The summed E-state index contributed by atoms with van der Waals surface area (Å²) in [4.78, 5) is 9.23. The van der Waals surface area contributed by atoms with Gasteiger partial charge < -0.3 is 4.84 Å². The van der Waals surface area contributed by atoms with Crippen molar-refractivity contribution in [2.24, 2.45) is 5.16 Å². The van der Waals surface area contributed by atoms with E-state index in [0.29, 0.717) is 0 Å². The van der Waals surface area contributed by atoms with E-state index in [1.165, 1.54) is 0 Å². The number of rotatable bonds is 2. The highest BCUT2D eigenvalue weighted by Crippen LogP contribution is 2.06. The Kier molecular flexibility index (Phi) is 3.01. The van der Waals surface area contributed by atoms with Crippen molar-refractivity contribution in [1.82, 2.24) is 4.98 Å². The molecule has 0 radical (unpaired) electrons. The first kappa shape index (κ1) is 9.71. The lowest BCUT2D eigenvalue weighted by Crippen LogP contribution is -2.15. The van der Waals surface area contributed by atoms with Crippen LogP contribution in [0.25, 0.3) is 0 Å². The van der Waals surface area contributed by atoms with E-state index in [1.807, 2.05) is 39.0 Å². The Morgan fingerprint density at radius 1 is 1.38 bits per heavy atom. The highest BCUT2D eigenvalue weighted by Gasteiger charge is 2.09. The van der Waals surface area contributed by atoms with Crippen molar-refractivity contribution in [3.8, 4) is 0 Å². The van der Waals surface area contributed by atoms with Crippen LogP contribution in [0.2, 0.25) is 0 Å². The van der Waals surface area contributed by atoms with Gasteiger partial charge in [-0.15, -0.1) is 0 Å². The van der Waals surface area contributed by atoms with Gasteiger partial charge in [0.15, 0.2) is 0 Å². The van der Waals surface area contributed by atoms with Gasteiger partial charge in [-0.1, -0.05) is 11.2 Å². The third-order valence-corrected chi connectivity index (χ3v) is 1.20. The minimum Gasteiger partial charge on any atom is -0.390 e. The molecule has 3 heteroatoms. The molecule has 3 nitrogen and oxygen atoms in total. The molecule has 0 aliphatic rings. The van der Waals surface area contributed by atoms with Gasteiger partial charge in [-0.3, -0.25) is 4.98 Å². The summed E-state index contributed by atoms with van der Waals surface area (Å²) < 4.78 is 0. The van der Waals surface area contributed by atoms with Crippen LogP contribution in [-0.2, 0) is 4.84 Å². The second-order valence-corrected chi connectivity index (χ2v) is 3.69. The van der Waals surface area contributed by atoms with Gasteiger partial charge in [0.2, 0.25) is 0 Å². The maximum absolute atomic E-state index is 5.16. The molecule has 1 aromatic rings. The van der Waals surface area contributed by atoms with E-state index in [0.717, 1.165) is 5.69 Å². The molecule has 0 aliphatic heterocycles. The lowest BCUT2D eigenvalue weighted by Gasteiger charge is -2.14. The normalized spacial score (nSPS) is 11.9. The Morgan fingerprint density at radius 2 is 2.15 bits per heavy atom. The van der Waals surface area contributed by atoms with E-state index in [9.17, 15) is 0 Å². The summed E-state index contributed by atoms with van der Waals surface area (Å²) >= 11 is 0. The predicted molar refractivity (Wildman–Crippen MR) is 52.7 cm³/mol. The van der Waals surface area contributed by atoms with Crippen LogP contribution in [0.5, 0.6) is 0 Å². The highest BCUT2D eigenvalue weighted by atomic mass is 16.6.